The van der Waals surface area contributed by atoms with Crippen molar-refractivity contribution in [2.24, 2.45) is 0 Å². The highest BCUT2D eigenvalue weighted by molar-refractivity contribution is 5.77. The molecule has 0 bridgehead atoms. The first-order chi connectivity index (χ1) is 4.35. The lowest BCUT2D eigenvalue weighted by atomic mass is 10.2. The number of carbonyl (C=O) groups is 1. The van der Waals surface area contributed by atoms with Crippen LogP contribution in [0.2, 0.25) is 0 Å². The minimum Gasteiger partial charge on any atom is -0.298 e. The summed E-state index contributed by atoms with van der Waals surface area (Å²) in [5.41, 5.74) is 0.747. The maximum absolute atomic E-state index is 10.1. The summed E-state index contributed by atoms with van der Waals surface area (Å²) in [4.78, 5) is 10.1. The van der Waals surface area contributed by atoms with Crippen molar-refractivity contribution in [1.29, 1.82) is 0 Å². The molecule has 1 nitrogen and oxygen atoms in total. The topological polar surface area (TPSA) is 17.1 Å². The summed E-state index contributed by atoms with van der Waals surface area (Å²) in [6.07, 6.45) is 7.41. The summed E-state index contributed by atoms with van der Waals surface area (Å²) < 4.78 is 0. The van der Waals surface area contributed by atoms with E-state index < -0.39 is 0 Å². The van der Waals surface area contributed by atoms with Crippen LogP contribution in [0.4, 0.5) is 0 Å². The molecule has 9 heavy (non-hydrogen) atoms. The zero-order valence-corrected chi connectivity index (χ0v) is 5.92. The highest BCUT2D eigenvalue weighted by Crippen LogP contribution is 1.92. The molecule has 0 aliphatic rings. The van der Waals surface area contributed by atoms with Gasteiger partial charge < -0.3 is 0 Å². The Labute approximate surface area is 56.1 Å². The molecule has 0 N–H and O–H groups in total. The largest absolute Gasteiger partial charge is 0.298 e. The van der Waals surface area contributed by atoms with Crippen molar-refractivity contribution in [2.45, 2.75) is 20.3 Å². The fourth-order valence-corrected chi connectivity index (χ4v) is 0.457. The monoisotopic (exact) mass is 124 g/mol. The van der Waals surface area contributed by atoms with Crippen LogP contribution in [0.15, 0.2) is 23.8 Å². The maximum Gasteiger partial charge on any atom is 0.149 e. The van der Waals surface area contributed by atoms with E-state index in [9.17, 15) is 4.79 Å². The molecule has 0 amide bonds. The lowest BCUT2D eigenvalue weighted by Gasteiger charge is -1.83. The highest BCUT2D eigenvalue weighted by Gasteiger charge is 1.81. The van der Waals surface area contributed by atoms with E-state index in [1.807, 2.05) is 26.0 Å². The minimum absolute atomic E-state index is 0.747. The molecule has 0 fully saturated rings. The van der Waals surface area contributed by atoms with E-state index in [-0.39, 0.29) is 0 Å². The Morgan fingerprint density at radius 2 is 2.22 bits per heavy atom. The van der Waals surface area contributed by atoms with E-state index >= 15 is 0 Å². The van der Waals surface area contributed by atoms with Crippen molar-refractivity contribution in [3.8, 4) is 0 Å². The molecule has 1 heteroatoms. The molecule has 0 unspecified atom stereocenters. The summed E-state index contributed by atoms with van der Waals surface area (Å²) in [6, 6.07) is 0. The van der Waals surface area contributed by atoms with Gasteiger partial charge in [0.1, 0.15) is 6.29 Å². The van der Waals surface area contributed by atoms with Crippen LogP contribution in [0.1, 0.15) is 20.3 Å². The highest BCUT2D eigenvalue weighted by atomic mass is 16.1. The second kappa shape index (κ2) is 5.29. The fourth-order valence-electron chi connectivity index (χ4n) is 0.457. The summed E-state index contributed by atoms with van der Waals surface area (Å²) >= 11 is 0. The van der Waals surface area contributed by atoms with E-state index in [0.717, 1.165) is 18.3 Å². The van der Waals surface area contributed by atoms with Crippen LogP contribution in [0.3, 0.4) is 0 Å². The van der Waals surface area contributed by atoms with Gasteiger partial charge in [0.15, 0.2) is 0 Å². The van der Waals surface area contributed by atoms with Gasteiger partial charge in [0.25, 0.3) is 0 Å². The molecule has 0 radical (unpaired) electrons. The summed E-state index contributed by atoms with van der Waals surface area (Å²) in [5.74, 6) is 0. The van der Waals surface area contributed by atoms with Crippen LogP contribution >= 0.6 is 0 Å². The quantitative estimate of drug-likeness (QED) is 0.320. The first-order valence-corrected chi connectivity index (χ1v) is 3.13. The average Bonchev–Trinajstić information content (AvgIpc) is 1.91. The van der Waals surface area contributed by atoms with E-state index in [1.165, 1.54) is 0 Å². The van der Waals surface area contributed by atoms with Crippen molar-refractivity contribution < 1.29 is 4.79 Å². The third-order valence-electron chi connectivity index (χ3n) is 1.02. The van der Waals surface area contributed by atoms with Crippen molar-refractivity contribution in [3.63, 3.8) is 0 Å². The molecule has 0 aromatic heterocycles. The molecular formula is C8H12O. The summed E-state index contributed by atoms with van der Waals surface area (Å²) in [7, 11) is 0. The van der Waals surface area contributed by atoms with Crippen LogP contribution in [0.5, 0.6) is 0 Å². The van der Waals surface area contributed by atoms with Crippen LogP contribution in [0.25, 0.3) is 0 Å². The van der Waals surface area contributed by atoms with E-state index in [0.29, 0.717) is 0 Å². The zero-order chi connectivity index (χ0) is 7.11. The van der Waals surface area contributed by atoms with Crippen molar-refractivity contribution >= 4 is 6.29 Å². The Hall–Kier alpha value is -0.850. The summed E-state index contributed by atoms with van der Waals surface area (Å²) in [5, 5.41) is 0. The summed E-state index contributed by atoms with van der Waals surface area (Å²) in [6.45, 7) is 3.89. The lowest BCUT2D eigenvalue weighted by Crippen LogP contribution is -1.75. The van der Waals surface area contributed by atoms with Gasteiger partial charge in [-0.2, -0.15) is 0 Å². The smallest absolute Gasteiger partial charge is 0.149 e. The number of carbonyl (C=O) groups excluding carboxylic acids is 1. The number of hydrogen-bond acceptors (Lipinski definition) is 1. The van der Waals surface area contributed by atoms with Gasteiger partial charge in [-0.3, -0.25) is 4.79 Å². The SMILES string of the molecule is CC=C(C=O)C=CCC. The fraction of sp³-hybridized carbons (Fsp3) is 0.375. The van der Waals surface area contributed by atoms with E-state index in [1.54, 1.807) is 6.08 Å². The van der Waals surface area contributed by atoms with Crippen molar-refractivity contribution in [1.82, 2.24) is 0 Å². The Morgan fingerprint density at radius 3 is 2.56 bits per heavy atom. The molecule has 0 aliphatic carbocycles. The lowest BCUT2D eigenvalue weighted by molar-refractivity contribution is -0.104. The van der Waals surface area contributed by atoms with E-state index in [2.05, 4.69) is 0 Å². The van der Waals surface area contributed by atoms with Gasteiger partial charge in [0.05, 0.1) is 0 Å². The van der Waals surface area contributed by atoms with Gasteiger partial charge in [-0.1, -0.05) is 25.2 Å². The molecule has 0 aromatic rings. The number of hydrogen-bond donors (Lipinski definition) is 0. The van der Waals surface area contributed by atoms with Crippen LogP contribution < -0.4 is 0 Å². The molecule has 0 saturated carbocycles. The predicted octanol–water partition coefficient (Wildman–Crippen LogP) is 2.10. The molecule has 0 saturated heterocycles. The van der Waals surface area contributed by atoms with Crippen molar-refractivity contribution in [2.75, 3.05) is 0 Å². The molecule has 0 rings (SSSR count). The second-order valence-electron chi connectivity index (χ2n) is 1.72. The molecule has 50 valence electrons. The van der Waals surface area contributed by atoms with E-state index in [4.69, 9.17) is 0 Å². The first kappa shape index (κ1) is 8.15. The molecule has 0 heterocycles. The molecular weight excluding hydrogens is 112 g/mol. The van der Waals surface area contributed by atoms with Gasteiger partial charge in [-0.25, -0.2) is 0 Å². The third kappa shape index (κ3) is 3.71. The first-order valence-electron chi connectivity index (χ1n) is 3.13. The molecule has 0 aliphatic heterocycles. The number of aldehydes is 1. The average molecular weight is 124 g/mol. The zero-order valence-electron chi connectivity index (χ0n) is 5.92. The van der Waals surface area contributed by atoms with Crippen LogP contribution in [-0.4, -0.2) is 6.29 Å². The van der Waals surface area contributed by atoms with Gasteiger partial charge in [0, 0.05) is 5.57 Å². The van der Waals surface area contributed by atoms with Gasteiger partial charge in [-0.05, 0) is 13.3 Å². The molecule has 0 spiro atoms. The van der Waals surface area contributed by atoms with Crippen LogP contribution in [-0.2, 0) is 4.79 Å². The normalized spacial score (nSPS) is 12.4. The minimum atomic E-state index is 0.747. The van der Waals surface area contributed by atoms with Gasteiger partial charge >= 0.3 is 0 Å². The van der Waals surface area contributed by atoms with Gasteiger partial charge in [-0.15, -0.1) is 0 Å². The number of allylic oxidation sites excluding steroid dienone is 4. The second-order valence-corrected chi connectivity index (χ2v) is 1.72. The third-order valence-corrected chi connectivity index (χ3v) is 1.02. The maximum atomic E-state index is 10.1. The Balaban J connectivity index is 3.84. The Bertz CT molecular complexity index is 132. The van der Waals surface area contributed by atoms with Crippen LogP contribution in [0, 0.1) is 0 Å². The number of rotatable bonds is 3. The standard InChI is InChI=1S/C8H12O/c1-3-5-6-8(4-2)7-9/h4-7H,3H2,1-2H3. The van der Waals surface area contributed by atoms with Crippen molar-refractivity contribution in [3.05, 3.63) is 23.8 Å². The predicted molar refractivity (Wildman–Crippen MR) is 39.3 cm³/mol. The Morgan fingerprint density at radius 1 is 1.56 bits per heavy atom. The van der Waals surface area contributed by atoms with Gasteiger partial charge in [0.2, 0.25) is 0 Å². The molecule has 0 atom stereocenters. The molecule has 0 aromatic carbocycles. The Kier molecular flexibility index (Phi) is 4.79.